The average molecular weight is 293 g/mol. The summed E-state index contributed by atoms with van der Waals surface area (Å²) in [5.74, 6) is 0.594. The van der Waals surface area contributed by atoms with E-state index in [4.69, 9.17) is 10.00 Å². The summed E-state index contributed by atoms with van der Waals surface area (Å²) in [5.41, 5.74) is 0.508. The predicted molar refractivity (Wildman–Crippen MR) is 78.3 cm³/mol. The lowest BCUT2D eigenvalue weighted by atomic mass is 10.3. The Balaban J connectivity index is 2.04. The molecule has 0 bridgehead atoms. The van der Waals surface area contributed by atoms with Gasteiger partial charge in [-0.2, -0.15) is 10.2 Å². The summed E-state index contributed by atoms with van der Waals surface area (Å²) in [5, 5.41) is 8.70. The average Bonchev–Trinajstić information content (AvgIpc) is 2.55. The summed E-state index contributed by atoms with van der Waals surface area (Å²) in [6.45, 7) is 0.246. The van der Waals surface area contributed by atoms with E-state index in [2.05, 4.69) is 15.0 Å². The van der Waals surface area contributed by atoms with Gasteiger partial charge in [-0.3, -0.25) is 9.36 Å². The van der Waals surface area contributed by atoms with Crippen LogP contribution in [-0.4, -0.2) is 19.5 Å². The minimum atomic E-state index is -0.313. The summed E-state index contributed by atoms with van der Waals surface area (Å²) in [6, 6.07) is 11.2. The highest BCUT2D eigenvalue weighted by molar-refractivity contribution is 5.68. The van der Waals surface area contributed by atoms with Crippen molar-refractivity contribution in [2.45, 2.75) is 13.0 Å². The molecule has 0 saturated heterocycles. The van der Waals surface area contributed by atoms with E-state index in [1.54, 1.807) is 12.1 Å². The van der Waals surface area contributed by atoms with E-state index < -0.39 is 0 Å². The van der Waals surface area contributed by atoms with Crippen molar-refractivity contribution in [2.75, 3.05) is 0 Å². The van der Waals surface area contributed by atoms with E-state index in [0.29, 0.717) is 16.9 Å². The molecular formula is C15H11N5O2. The third-order valence-corrected chi connectivity index (χ3v) is 2.96. The standard InChI is InChI=1S/C15H11N5O2/c16-7-4-8-20-13(21)10-17-12-9-18-15(19-14(12)20)22-11-5-2-1-3-6-11/h1-3,5-6,9-10H,4,8H2. The van der Waals surface area contributed by atoms with E-state index in [1.807, 2.05) is 24.3 Å². The van der Waals surface area contributed by atoms with Gasteiger partial charge >= 0.3 is 6.01 Å². The fourth-order valence-electron chi connectivity index (χ4n) is 1.96. The Labute approximate surface area is 125 Å². The predicted octanol–water partition coefficient (Wildman–Crippen LogP) is 1.89. The molecular weight excluding hydrogens is 282 g/mol. The summed E-state index contributed by atoms with van der Waals surface area (Å²) in [7, 11) is 0. The van der Waals surface area contributed by atoms with Crippen LogP contribution in [0.2, 0.25) is 0 Å². The second-order valence-corrected chi connectivity index (χ2v) is 4.43. The van der Waals surface area contributed by atoms with E-state index in [1.165, 1.54) is 17.0 Å². The van der Waals surface area contributed by atoms with E-state index in [-0.39, 0.29) is 24.5 Å². The lowest BCUT2D eigenvalue weighted by molar-refractivity contribution is 0.442. The molecule has 3 aromatic rings. The molecule has 7 nitrogen and oxygen atoms in total. The molecule has 108 valence electrons. The maximum Gasteiger partial charge on any atom is 0.324 e. The second-order valence-electron chi connectivity index (χ2n) is 4.43. The van der Waals surface area contributed by atoms with E-state index >= 15 is 0 Å². The van der Waals surface area contributed by atoms with Crippen molar-refractivity contribution in [3.63, 3.8) is 0 Å². The number of aryl methyl sites for hydroxylation is 1. The monoisotopic (exact) mass is 293 g/mol. The zero-order valence-electron chi connectivity index (χ0n) is 11.5. The maximum absolute atomic E-state index is 11.9. The highest BCUT2D eigenvalue weighted by atomic mass is 16.5. The Morgan fingerprint density at radius 1 is 1.18 bits per heavy atom. The molecule has 0 radical (unpaired) electrons. The van der Waals surface area contributed by atoms with E-state index in [9.17, 15) is 4.79 Å². The van der Waals surface area contributed by atoms with Gasteiger partial charge in [0.05, 0.1) is 24.9 Å². The maximum atomic E-state index is 11.9. The molecule has 3 rings (SSSR count). The van der Waals surface area contributed by atoms with Crippen LogP contribution in [-0.2, 0) is 6.54 Å². The number of benzene rings is 1. The molecule has 2 aromatic heterocycles. The van der Waals surface area contributed by atoms with Crippen molar-refractivity contribution >= 4 is 11.2 Å². The highest BCUT2D eigenvalue weighted by Gasteiger charge is 2.09. The van der Waals surface area contributed by atoms with Crippen LogP contribution in [0.4, 0.5) is 0 Å². The highest BCUT2D eigenvalue weighted by Crippen LogP contribution is 2.18. The minimum Gasteiger partial charge on any atom is -0.424 e. The molecule has 0 amide bonds. The number of fused-ring (bicyclic) bond motifs is 1. The van der Waals surface area contributed by atoms with Gasteiger partial charge in [-0.05, 0) is 12.1 Å². The normalized spacial score (nSPS) is 10.3. The number of rotatable bonds is 4. The number of aromatic nitrogens is 4. The van der Waals surface area contributed by atoms with Gasteiger partial charge in [-0.15, -0.1) is 0 Å². The molecule has 0 spiro atoms. The largest absolute Gasteiger partial charge is 0.424 e. The van der Waals surface area contributed by atoms with Crippen LogP contribution in [0.1, 0.15) is 6.42 Å². The van der Waals surface area contributed by atoms with Crippen LogP contribution in [0.5, 0.6) is 11.8 Å². The summed E-state index contributed by atoms with van der Waals surface area (Å²) < 4.78 is 6.95. The Kier molecular flexibility index (Phi) is 3.74. The molecule has 0 N–H and O–H groups in total. The first-order chi connectivity index (χ1) is 10.8. The summed E-state index contributed by atoms with van der Waals surface area (Å²) in [6.07, 6.45) is 2.89. The zero-order valence-corrected chi connectivity index (χ0v) is 11.5. The van der Waals surface area contributed by atoms with Crippen LogP contribution in [0, 0.1) is 11.3 Å². The first-order valence-electron chi connectivity index (χ1n) is 6.60. The zero-order chi connectivity index (χ0) is 15.4. The summed E-state index contributed by atoms with van der Waals surface area (Å²) in [4.78, 5) is 24.2. The molecule has 2 heterocycles. The number of hydrogen-bond acceptors (Lipinski definition) is 6. The third kappa shape index (κ3) is 2.76. The first-order valence-corrected chi connectivity index (χ1v) is 6.60. The van der Waals surface area contributed by atoms with Crippen molar-refractivity contribution in [3.05, 3.63) is 53.1 Å². The topological polar surface area (TPSA) is 93.7 Å². The van der Waals surface area contributed by atoms with Crippen LogP contribution in [0.25, 0.3) is 11.2 Å². The van der Waals surface area contributed by atoms with Gasteiger partial charge in [0.2, 0.25) is 0 Å². The third-order valence-electron chi connectivity index (χ3n) is 2.96. The molecule has 1 aromatic carbocycles. The van der Waals surface area contributed by atoms with E-state index in [0.717, 1.165) is 0 Å². The van der Waals surface area contributed by atoms with Gasteiger partial charge in [-0.1, -0.05) is 18.2 Å². The van der Waals surface area contributed by atoms with Crippen LogP contribution < -0.4 is 10.3 Å². The Morgan fingerprint density at radius 3 is 2.77 bits per heavy atom. The van der Waals surface area contributed by atoms with Crippen molar-refractivity contribution < 1.29 is 4.74 Å². The number of ether oxygens (including phenoxy) is 1. The van der Waals surface area contributed by atoms with Gasteiger partial charge < -0.3 is 4.74 Å². The van der Waals surface area contributed by atoms with Crippen molar-refractivity contribution in [2.24, 2.45) is 0 Å². The second kappa shape index (κ2) is 6.01. The lowest BCUT2D eigenvalue weighted by Gasteiger charge is -2.08. The molecule has 0 fully saturated rings. The molecule has 0 atom stereocenters. The number of nitriles is 1. The van der Waals surface area contributed by atoms with Crippen LogP contribution in [0.3, 0.4) is 0 Å². The molecule has 0 aliphatic carbocycles. The Morgan fingerprint density at radius 2 is 2.00 bits per heavy atom. The molecule has 0 aliphatic rings. The number of hydrogen-bond donors (Lipinski definition) is 0. The van der Waals surface area contributed by atoms with Gasteiger partial charge in [0.15, 0.2) is 5.65 Å². The summed E-state index contributed by atoms with van der Waals surface area (Å²) >= 11 is 0. The fourth-order valence-corrected chi connectivity index (χ4v) is 1.96. The van der Waals surface area contributed by atoms with Crippen molar-refractivity contribution in [1.82, 2.24) is 19.5 Å². The number of nitrogens with zero attached hydrogens (tertiary/aromatic N) is 5. The smallest absolute Gasteiger partial charge is 0.324 e. The van der Waals surface area contributed by atoms with Gasteiger partial charge in [0.25, 0.3) is 5.56 Å². The SMILES string of the molecule is N#CCCn1c(=O)cnc2cnc(Oc3ccccc3)nc21. The Bertz CT molecular complexity index is 899. The first kappa shape index (κ1) is 13.7. The molecule has 7 heteroatoms. The van der Waals surface area contributed by atoms with Gasteiger partial charge in [0.1, 0.15) is 11.3 Å². The van der Waals surface area contributed by atoms with Crippen molar-refractivity contribution in [1.29, 1.82) is 5.26 Å². The van der Waals surface area contributed by atoms with Gasteiger partial charge in [0, 0.05) is 6.54 Å². The number of para-hydroxylation sites is 1. The molecule has 0 unspecified atom stereocenters. The van der Waals surface area contributed by atoms with Crippen LogP contribution >= 0.6 is 0 Å². The minimum absolute atomic E-state index is 0.122. The molecule has 22 heavy (non-hydrogen) atoms. The molecule has 0 saturated carbocycles. The van der Waals surface area contributed by atoms with Crippen LogP contribution in [0.15, 0.2) is 47.5 Å². The fraction of sp³-hybridized carbons (Fsp3) is 0.133. The molecule has 0 aliphatic heterocycles. The van der Waals surface area contributed by atoms with Crippen molar-refractivity contribution in [3.8, 4) is 17.8 Å². The lowest BCUT2D eigenvalue weighted by Crippen LogP contribution is -2.21. The quantitative estimate of drug-likeness (QED) is 0.729. The Hall–Kier alpha value is -3.27. The van der Waals surface area contributed by atoms with Gasteiger partial charge in [-0.25, -0.2) is 9.97 Å².